The Kier molecular flexibility index (Phi) is 10.4. The van der Waals surface area contributed by atoms with Crippen molar-refractivity contribution < 1.29 is 9.47 Å². The monoisotopic (exact) mass is 438 g/mol. The normalized spacial score (nSPS) is 15.5. The van der Waals surface area contributed by atoms with Crippen LogP contribution in [-0.2, 0) is 17.8 Å². The zero-order chi connectivity index (χ0) is 22.4. The molecule has 32 heavy (non-hydrogen) atoms. The van der Waals surface area contributed by atoms with Gasteiger partial charge in [-0.2, -0.15) is 0 Å². The molecule has 1 heterocycles. The number of hydrogen-bond acceptors (Lipinski definition) is 4. The van der Waals surface area contributed by atoms with E-state index in [0.717, 1.165) is 75.9 Å². The molecular weight excluding hydrogens is 400 g/mol. The first kappa shape index (κ1) is 24.1. The fraction of sp³-hybridized carbons (Fsp3) is 0.500. The van der Waals surface area contributed by atoms with E-state index in [1.54, 1.807) is 7.11 Å². The van der Waals surface area contributed by atoms with Crippen molar-refractivity contribution in [2.45, 2.75) is 45.4 Å². The van der Waals surface area contributed by atoms with Crippen LogP contribution in [0.1, 0.15) is 37.3 Å². The van der Waals surface area contributed by atoms with Gasteiger partial charge in [0.2, 0.25) is 0 Å². The number of guanidine groups is 1. The third kappa shape index (κ3) is 8.52. The van der Waals surface area contributed by atoms with Crippen LogP contribution in [0.3, 0.4) is 0 Å². The number of methoxy groups -OCH3 is 1. The summed E-state index contributed by atoms with van der Waals surface area (Å²) in [6.45, 7) is 8.46. The smallest absolute Gasteiger partial charge is 0.191 e. The van der Waals surface area contributed by atoms with Gasteiger partial charge in [-0.25, -0.2) is 4.99 Å². The van der Waals surface area contributed by atoms with Crippen LogP contribution < -0.4 is 15.4 Å². The van der Waals surface area contributed by atoms with Crippen molar-refractivity contribution in [3.8, 4) is 5.75 Å². The summed E-state index contributed by atoms with van der Waals surface area (Å²) < 4.78 is 11.3. The summed E-state index contributed by atoms with van der Waals surface area (Å²) in [5, 5.41) is 6.72. The van der Waals surface area contributed by atoms with Crippen LogP contribution in [0.5, 0.6) is 5.75 Å². The molecule has 6 nitrogen and oxygen atoms in total. The van der Waals surface area contributed by atoms with E-state index in [-0.39, 0.29) is 0 Å². The number of ether oxygens (including phenoxy) is 2. The molecule has 3 rings (SSSR count). The lowest BCUT2D eigenvalue weighted by atomic mass is 10.1. The minimum atomic E-state index is 0.388. The van der Waals surface area contributed by atoms with Gasteiger partial charge in [0.25, 0.3) is 0 Å². The average Bonchev–Trinajstić information content (AvgIpc) is 2.84. The molecule has 1 saturated heterocycles. The van der Waals surface area contributed by atoms with Crippen LogP contribution >= 0.6 is 0 Å². The van der Waals surface area contributed by atoms with Crippen molar-refractivity contribution in [3.63, 3.8) is 0 Å². The number of rotatable bonds is 11. The summed E-state index contributed by atoms with van der Waals surface area (Å²) in [4.78, 5) is 7.20. The van der Waals surface area contributed by atoms with Crippen molar-refractivity contribution in [2.24, 2.45) is 4.99 Å². The predicted octanol–water partition coefficient (Wildman–Crippen LogP) is 3.82. The van der Waals surface area contributed by atoms with Gasteiger partial charge < -0.3 is 20.1 Å². The van der Waals surface area contributed by atoms with E-state index in [1.165, 1.54) is 5.56 Å². The van der Waals surface area contributed by atoms with Crippen LogP contribution in [0.25, 0.3) is 0 Å². The van der Waals surface area contributed by atoms with E-state index in [4.69, 9.17) is 9.47 Å². The third-order valence-electron chi connectivity index (χ3n) is 5.67. The number of aliphatic imine (C=N–C) groups is 1. The van der Waals surface area contributed by atoms with Gasteiger partial charge in [-0.1, -0.05) is 42.5 Å². The van der Waals surface area contributed by atoms with Crippen molar-refractivity contribution in [3.05, 3.63) is 65.7 Å². The summed E-state index contributed by atoms with van der Waals surface area (Å²) in [6.07, 6.45) is 3.59. The molecule has 0 saturated carbocycles. The second kappa shape index (κ2) is 13.8. The van der Waals surface area contributed by atoms with Gasteiger partial charge in [0.05, 0.1) is 19.8 Å². The molecule has 0 amide bonds. The van der Waals surface area contributed by atoms with Gasteiger partial charge in [-0.05, 0) is 49.4 Å². The molecule has 0 atom stereocenters. The average molecular weight is 439 g/mol. The molecule has 174 valence electrons. The predicted molar refractivity (Wildman–Crippen MR) is 131 cm³/mol. The zero-order valence-electron chi connectivity index (χ0n) is 19.6. The Morgan fingerprint density at radius 1 is 1.00 bits per heavy atom. The van der Waals surface area contributed by atoms with Gasteiger partial charge in [0.1, 0.15) is 5.75 Å². The molecule has 1 fully saturated rings. The van der Waals surface area contributed by atoms with Crippen LogP contribution in [0.4, 0.5) is 0 Å². The van der Waals surface area contributed by atoms with Gasteiger partial charge in [0.15, 0.2) is 5.96 Å². The number of piperidine rings is 1. The second-order valence-corrected chi connectivity index (χ2v) is 8.16. The maximum absolute atomic E-state index is 6.14. The van der Waals surface area contributed by atoms with Crippen molar-refractivity contribution >= 4 is 5.96 Å². The Hall–Kier alpha value is -2.57. The van der Waals surface area contributed by atoms with Crippen LogP contribution in [0, 0.1) is 0 Å². The number of benzene rings is 2. The molecular formula is C26H38N4O2. The second-order valence-electron chi connectivity index (χ2n) is 8.16. The molecule has 1 aliphatic heterocycles. The highest BCUT2D eigenvalue weighted by Gasteiger charge is 2.19. The Balaban J connectivity index is 1.29. The quantitative estimate of drug-likeness (QED) is 0.317. The van der Waals surface area contributed by atoms with E-state index >= 15 is 0 Å². The highest BCUT2D eigenvalue weighted by Crippen LogP contribution is 2.16. The highest BCUT2D eigenvalue weighted by molar-refractivity contribution is 5.79. The van der Waals surface area contributed by atoms with Gasteiger partial charge in [-0.3, -0.25) is 4.90 Å². The van der Waals surface area contributed by atoms with E-state index in [0.29, 0.717) is 12.6 Å². The molecule has 0 radical (unpaired) electrons. The summed E-state index contributed by atoms with van der Waals surface area (Å²) in [6, 6.07) is 18.7. The number of likely N-dealkylation sites (tertiary alicyclic amines) is 1. The van der Waals surface area contributed by atoms with Crippen LogP contribution in [0.2, 0.25) is 0 Å². The van der Waals surface area contributed by atoms with Crippen molar-refractivity contribution in [1.82, 2.24) is 15.5 Å². The molecule has 2 N–H and O–H groups in total. The first-order chi connectivity index (χ1) is 15.8. The van der Waals surface area contributed by atoms with Crippen molar-refractivity contribution in [1.29, 1.82) is 0 Å². The lowest BCUT2D eigenvalue weighted by molar-refractivity contribution is 0.00534. The minimum Gasteiger partial charge on any atom is -0.497 e. The Bertz CT molecular complexity index is 787. The first-order valence-corrected chi connectivity index (χ1v) is 11.8. The maximum atomic E-state index is 6.14. The minimum absolute atomic E-state index is 0.388. The summed E-state index contributed by atoms with van der Waals surface area (Å²) in [5.41, 5.74) is 2.55. The van der Waals surface area contributed by atoms with Crippen molar-refractivity contribution in [2.75, 3.05) is 39.9 Å². The summed E-state index contributed by atoms with van der Waals surface area (Å²) in [5.74, 6) is 1.71. The van der Waals surface area contributed by atoms with Crippen LogP contribution in [0.15, 0.2) is 59.6 Å². The molecule has 2 aromatic rings. The summed E-state index contributed by atoms with van der Waals surface area (Å²) in [7, 11) is 1.68. The Labute approximate surface area is 193 Å². The van der Waals surface area contributed by atoms with Gasteiger partial charge in [-0.15, -0.1) is 0 Å². The number of nitrogens with one attached hydrogen (secondary N) is 2. The fourth-order valence-corrected chi connectivity index (χ4v) is 3.85. The van der Waals surface area contributed by atoms with Gasteiger partial charge in [0, 0.05) is 39.3 Å². The molecule has 0 aromatic heterocycles. The summed E-state index contributed by atoms with van der Waals surface area (Å²) >= 11 is 0. The van der Waals surface area contributed by atoms with E-state index in [9.17, 15) is 0 Å². The SMILES string of the molecule is CCNC(=NCc1ccc(OC)cc1)NCCCOC1CCN(Cc2ccccc2)CC1. The van der Waals surface area contributed by atoms with E-state index in [2.05, 4.69) is 57.8 Å². The zero-order valence-corrected chi connectivity index (χ0v) is 19.6. The van der Waals surface area contributed by atoms with E-state index in [1.807, 2.05) is 24.3 Å². The number of nitrogens with zero attached hydrogens (tertiary/aromatic N) is 2. The topological polar surface area (TPSA) is 58.1 Å². The Morgan fingerprint density at radius 2 is 1.75 bits per heavy atom. The lowest BCUT2D eigenvalue weighted by Gasteiger charge is -2.32. The van der Waals surface area contributed by atoms with E-state index < -0.39 is 0 Å². The molecule has 1 aliphatic rings. The molecule has 2 aromatic carbocycles. The fourth-order valence-electron chi connectivity index (χ4n) is 3.85. The largest absolute Gasteiger partial charge is 0.497 e. The third-order valence-corrected chi connectivity index (χ3v) is 5.67. The van der Waals surface area contributed by atoms with Gasteiger partial charge >= 0.3 is 0 Å². The van der Waals surface area contributed by atoms with Crippen LogP contribution in [-0.4, -0.2) is 56.9 Å². The molecule has 0 spiro atoms. The molecule has 0 bridgehead atoms. The standard InChI is InChI=1S/C26H38N4O2/c1-3-27-26(29-20-22-10-12-24(31-2)13-11-22)28-16-7-19-32-25-14-17-30(18-15-25)21-23-8-5-4-6-9-23/h4-6,8-13,25H,3,7,14-21H2,1-2H3,(H2,27,28,29). The molecule has 0 aliphatic carbocycles. The Morgan fingerprint density at radius 3 is 2.44 bits per heavy atom. The molecule has 0 unspecified atom stereocenters. The number of hydrogen-bond donors (Lipinski definition) is 2. The molecule has 6 heteroatoms. The maximum Gasteiger partial charge on any atom is 0.191 e. The first-order valence-electron chi connectivity index (χ1n) is 11.8. The highest BCUT2D eigenvalue weighted by atomic mass is 16.5. The lowest BCUT2D eigenvalue weighted by Crippen LogP contribution is -2.38.